The van der Waals surface area contributed by atoms with E-state index in [0.717, 1.165) is 56.2 Å². The number of nitrogens with one attached hydrogen (secondary N) is 2. The number of halogens is 1. The lowest BCUT2D eigenvalue weighted by Gasteiger charge is -2.35. The number of anilines is 1. The highest BCUT2D eigenvalue weighted by atomic mass is 79.9. The van der Waals surface area contributed by atoms with Crippen molar-refractivity contribution in [2.75, 3.05) is 31.5 Å². The first-order chi connectivity index (χ1) is 19.4. The number of rotatable bonds is 8. The topological polar surface area (TPSA) is 91.0 Å². The number of benzene rings is 1. The number of ether oxygens (including phenoxy) is 1. The Hall–Kier alpha value is -2.23. The fourth-order valence-corrected chi connectivity index (χ4v) is 8.01. The van der Waals surface area contributed by atoms with Crippen molar-refractivity contribution in [1.82, 2.24) is 15.1 Å². The molecule has 4 fully saturated rings. The predicted octanol–water partition coefficient (Wildman–Crippen LogP) is 4.11. The van der Waals surface area contributed by atoms with Crippen LogP contribution in [-0.2, 0) is 19.1 Å². The summed E-state index contributed by atoms with van der Waals surface area (Å²) >= 11 is 3.43. The van der Waals surface area contributed by atoms with E-state index in [-0.39, 0.29) is 23.8 Å². The Morgan fingerprint density at radius 3 is 2.58 bits per heavy atom. The Bertz CT molecular complexity index is 1150. The standard InChI is InChI=1S/C31H41BrN4O4/c1-20-7-5-16-35(19-20)17-6-18-36-27(29(38)34-22-8-3-2-4-9-22)31-15-14-24(40-31)25(26(31)30(36)39)28(37)33-23-12-10-21(32)11-13-23/h10-15,20,22,24-27H,2-9,16-19H2,1H3,(H,33,37)(H,34,38)/t20?,24-,25?,26-,27?,31?/m0/s1. The third kappa shape index (κ3) is 5.25. The van der Waals surface area contributed by atoms with Crippen molar-refractivity contribution >= 4 is 39.3 Å². The van der Waals surface area contributed by atoms with Crippen molar-refractivity contribution in [1.29, 1.82) is 0 Å². The van der Waals surface area contributed by atoms with Crippen LogP contribution in [0.1, 0.15) is 58.3 Å². The number of hydrogen-bond acceptors (Lipinski definition) is 5. The van der Waals surface area contributed by atoms with E-state index in [4.69, 9.17) is 4.74 Å². The molecule has 1 aromatic rings. The fraction of sp³-hybridized carbons (Fsp3) is 0.645. The molecule has 5 aliphatic rings. The summed E-state index contributed by atoms with van der Waals surface area (Å²) in [5.74, 6) is -1.23. The van der Waals surface area contributed by atoms with Crippen LogP contribution in [0.3, 0.4) is 0 Å². The summed E-state index contributed by atoms with van der Waals surface area (Å²) in [6, 6.07) is 6.75. The van der Waals surface area contributed by atoms with Gasteiger partial charge in [-0.3, -0.25) is 14.4 Å². The summed E-state index contributed by atoms with van der Waals surface area (Å²) in [7, 11) is 0. The van der Waals surface area contributed by atoms with Crippen LogP contribution in [0.2, 0.25) is 0 Å². The average Bonchev–Trinajstić information content (AvgIpc) is 3.58. The van der Waals surface area contributed by atoms with E-state index in [1.807, 2.05) is 36.4 Å². The smallest absolute Gasteiger partial charge is 0.246 e. The van der Waals surface area contributed by atoms with Gasteiger partial charge < -0.3 is 25.2 Å². The molecule has 8 nitrogen and oxygen atoms in total. The van der Waals surface area contributed by atoms with Gasteiger partial charge in [0.2, 0.25) is 17.7 Å². The molecule has 40 heavy (non-hydrogen) atoms. The van der Waals surface area contributed by atoms with E-state index >= 15 is 0 Å². The summed E-state index contributed by atoms with van der Waals surface area (Å²) in [4.78, 5) is 45.9. The first-order valence-electron chi connectivity index (χ1n) is 15.1. The third-order valence-electron chi connectivity index (χ3n) is 9.60. The molecule has 9 heteroatoms. The minimum atomic E-state index is -1.11. The van der Waals surface area contributed by atoms with Gasteiger partial charge in [-0.2, -0.15) is 0 Å². The second-order valence-electron chi connectivity index (χ2n) is 12.5. The second-order valence-corrected chi connectivity index (χ2v) is 13.4. The molecule has 0 radical (unpaired) electrons. The van der Waals surface area contributed by atoms with E-state index < -0.39 is 29.6 Å². The van der Waals surface area contributed by atoms with Crippen molar-refractivity contribution < 1.29 is 19.1 Å². The molecule has 6 rings (SSSR count). The summed E-state index contributed by atoms with van der Waals surface area (Å²) in [6.07, 6.45) is 11.9. The summed E-state index contributed by atoms with van der Waals surface area (Å²) in [6.45, 7) is 5.84. The molecular formula is C31H41BrN4O4. The number of carbonyl (C=O) groups is 3. The predicted molar refractivity (Wildman–Crippen MR) is 156 cm³/mol. The molecule has 216 valence electrons. The van der Waals surface area contributed by atoms with Crippen LogP contribution < -0.4 is 10.6 Å². The first-order valence-corrected chi connectivity index (χ1v) is 15.9. The molecule has 1 aliphatic carbocycles. The van der Waals surface area contributed by atoms with Gasteiger partial charge in [-0.1, -0.05) is 54.3 Å². The number of amides is 3. The minimum absolute atomic E-state index is 0.127. The highest BCUT2D eigenvalue weighted by Gasteiger charge is 2.72. The number of carbonyl (C=O) groups excluding carboxylic acids is 3. The fourth-order valence-electron chi connectivity index (χ4n) is 7.75. The van der Waals surface area contributed by atoms with Crippen LogP contribution in [0.5, 0.6) is 0 Å². The van der Waals surface area contributed by atoms with Crippen molar-refractivity contribution in [3.05, 3.63) is 40.9 Å². The van der Waals surface area contributed by atoms with E-state index in [2.05, 4.69) is 38.4 Å². The molecular weight excluding hydrogens is 572 g/mol. The van der Waals surface area contributed by atoms with Gasteiger partial charge in [0, 0.05) is 29.3 Å². The van der Waals surface area contributed by atoms with Crippen LogP contribution in [0.25, 0.3) is 0 Å². The highest BCUT2D eigenvalue weighted by Crippen LogP contribution is 2.55. The summed E-state index contributed by atoms with van der Waals surface area (Å²) < 4.78 is 7.41. The highest BCUT2D eigenvalue weighted by molar-refractivity contribution is 9.10. The molecule has 1 spiro atoms. The molecule has 6 atom stereocenters. The molecule has 4 unspecified atom stereocenters. The zero-order valence-electron chi connectivity index (χ0n) is 23.3. The normalized spacial score (nSPS) is 33.8. The lowest BCUT2D eigenvalue weighted by Crippen LogP contribution is -2.56. The number of piperidine rings is 1. The first kappa shape index (κ1) is 27.9. The number of nitrogens with zero attached hydrogens (tertiary/aromatic N) is 2. The van der Waals surface area contributed by atoms with Crippen molar-refractivity contribution in [2.45, 2.75) is 82.1 Å². The summed E-state index contributed by atoms with van der Waals surface area (Å²) in [5.41, 5.74) is -0.444. The average molecular weight is 614 g/mol. The van der Waals surface area contributed by atoms with E-state index in [9.17, 15) is 14.4 Å². The van der Waals surface area contributed by atoms with Gasteiger partial charge in [-0.25, -0.2) is 0 Å². The molecule has 2 N–H and O–H groups in total. The van der Waals surface area contributed by atoms with Gasteiger partial charge in [0.25, 0.3) is 0 Å². The van der Waals surface area contributed by atoms with Gasteiger partial charge in [0.05, 0.1) is 17.9 Å². The lowest BCUT2D eigenvalue weighted by molar-refractivity contribution is -0.141. The van der Waals surface area contributed by atoms with Crippen LogP contribution in [0, 0.1) is 17.8 Å². The Kier molecular flexibility index (Phi) is 8.07. The molecule has 1 aromatic carbocycles. The molecule has 0 aromatic heterocycles. The monoisotopic (exact) mass is 612 g/mol. The van der Waals surface area contributed by atoms with Gasteiger partial charge in [-0.05, 0) is 75.4 Å². The number of fused-ring (bicyclic) bond motifs is 1. The maximum atomic E-state index is 14.2. The Morgan fingerprint density at radius 1 is 1.05 bits per heavy atom. The molecule has 4 heterocycles. The largest absolute Gasteiger partial charge is 0.359 e. The van der Waals surface area contributed by atoms with Gasteiger partial charge >= 0.3 is 0 Å². The van der Waals surface area contributed by atoms with Crippen LogP contribution in [-0.4, -0.2) is 77.5 Å². The van der Waals surface area contributed by atoms with Gasteiger partial charge in [0.15, 0.2) is 0 Å². The zero-order chi connectivity index (χ0) is 27.9. The van der Waals surface area contributed by atoms with Crippen molar-refractivity contribution in [2.24, 2.45) is 17.8 Å². The maximum absolute atomic E-state index is 14.2. The van der Waals surface area contributed by atoms with Crippen molar-refractivity contribution in [3.8, 4) is 0 Å². The van der Waals surface area contributed by atoms with Gasteiger partial charge in [0.1, 0.15) is 11.6 Å². The number of hydrogen-bond donors (Lipinski definition) is 2. The Morgan fingerprint density at radius 2 is 1.82 bits per heavy atom. The van der Waals surface area contributed by atoms with Gasteiger partial charge in [-0.15, -0.1) is 0 Å². The van der Waals surface area contributed by atoms with Crippen LogP contribution >= 0.6 is 15.9 Å². The Balaban J connectivity index is 1.23. The molecule has 3 saturated heterocycles. The molecule has 1 saturated carbocycles. The van der Waals surface area contributed by atoms with Crippen molar-refractivity contribution in [3.63, 3.8) is 0 Å². The zero-order valence-corrected chi connectivity index (χ0v) is 24.9. The lowest BCUT2D eigenvalue weighted by atomic mass is 9.74. The molecule has 4 aliphatic heterocycles. The number of likely N-dealkylation sites (tertiary alicyclic amines) is 2. The SMILES string of the molecule is CC1CCCN(CCCN2C(=O)[C@@H]3C(C(=O)Nc4ccc(Br)cc4)[C@@H]4C=CC3(O4)C2C(=O)NC2CCCCC2)C1. The Labute approximate surface area is 245 Å². The molecule has 3 amide bonds. The quantitative estimate of drug-likeness (QED) is 0.431. The van der Waals surface area contributed by atoms with E-state index in [1.165, 1.54) is 19.3 Å². The van der Waals surface area contributed by atoms with E-state index in [1.54, 1.807) is 4.90 Å². The third-order valence-corrected chi connectivity index (χ3v) is 10.1. The minimum Gasteiger partial charge on any atom is -0.359 e. The van der Waals surface area contributed by atoms with Crippen LogP contribution in [0.4, 0.5) is 5.69 Å². The maximum Gasteiger partial charge on any atom is 0.246 e. The summed E-state index contributed by atoms with van der Waals surface area (Å²) in [5, 5.41) is 6.26. The second kappa shape index (κ2) is 11.6. The van der Waals surface area contributed by atoms with Crippen LogP contribution in [0.15, 0.2) is 40.9 Å². The molecule has 2 bridgehead atoms. The van der Waals surface area contributed by atoms with E-state index in [0.29, 0.717) is 18.2 Å².